The Balaban J connectivity index is 3.43. The number of rotatable bonds is 1. The van der Waals surface area contributed by atoms with Gasteiger partial charge in [0.1, 0.15) is 5.82 Å². The lowest BCUT2D eigenvalue weighted by Gasteiger charge is -2.20. The zero-order valence-electron chi connectivity index (χ0n) is 8.91. The first-order valence-corrected chi connectivity index (χ1v) is 5.77. The highest BCUT2D eigenvalue weighted by molar-refractivity contribution is 7.90. The summed E-state index contributed by atoms with van der Waals surface area (Å²) >= 11 is 0. The predicted molar refractivity (Wildman–Crippen MR) is 51.3 cm³/mol. The van der Waals surface area contributed by atoms with E-state index in [9.17, 15) is 21.6 Å². The van der Waals surface area contributed by atoms with Crippen LogP contribution in [0.1, 0.15) is 26.6 Å². The lowest BCUT2D eigenvalue weighted by molar-refractivity contribution is -0.0447. The van der Waals surface area contributed by atoms with Gasteiger partial charge in [-0.25, -0.2) is 8.96 Å². The van der Waals surface area contributed by atoms with Gasteiger partial charge in [0.05, 0.1) is 0 Å². The van der Waals surface area contributed by atoms with Crippen LogP contribution < -0.4 is 0 Å². The largest absolute Gasteiger partial charge is 0.517 e. The Morgan fingerprint density at radius 2 is 1.75 bits per heavy atom. The minimum Gasteiger partial charge on any atom is -0.240 e. The summed E-state index contributed by atoms with van der Waals surface area (Å²) in [5, 5.41) is 0. The third kappa shape index (κ3) is 2.06. The van der Waals surface area contributed by atoms with E-state index in [4.69, 9.17) is 0 Å². The van der Waals surface area contributed by atoms with Gasteiger partial charge >= 0.3 is 15.5 Å². The van der Waals surface area contributed by atoms with Crippen LogP contribution in [-0.4, -0.2) is 22.9 Å². The quantitative estimate of drug-likeness (QED) is 0.770. The fourth-order valence-electron chi connectivity index (χ4n) is 1.12. The van der Waals surface area contributed by atoms with Gasteiger partial charge in [-0.05, 0) is 0 Å². The second-order valence-corrected chi connectivity index (χ2v) is 6.05. The first kappa shape index (κ1) is 13.0. The van der Waals surface area contributed by atoms with Crippen molar-refractivity contribution in [2.75, 3.05) is 0 Å². The molecule has 0 aliphatic rings. The van der Waals surface area contributed by atoms with Gasteiger partial charge < -0.3 is 0 Å². The molecule has 0 aliphatic heterocycles. The first-order valence-electron chi connectivity index (χ1n) is 4.33. The number of hydrogen-bond acceptors (Lipinski definition) is 3. The van der Waals surface area contributed by atoms with Crippen molar-refractivity contribution in [3.05, 3.63) is 18.2 Å². The van der Waals surface area contributed by atoms with E-state index < -0.39 is 20.9 Å². The second-order valence-electron chi connectivity index (χ2n) is 4.25. The predicted octanol–water partition coefficient (Wildman–Crippen LogP) is 1.88. The standard InChI is InChI=1S/C8H11F3N2O2S/c1-7(2,3)6-12-4-5-13(6)16(14,15)8(9,10)11/h4-5H,1-3H3. The van der Waals surface area contributed by atoms with Gasteiger partial charge in [-0.15, -0.1) is 0 Å². The molecule has 0 fully saturated rings. The zero-order valence-corrected chi connectivity index (χ0v) is 9.72. The van der Waals surface area contributed by atoms with Crippen molar-refractivity contribution in [2.45, 2.75) is 31.7 Å². The summed E-state index contributed by atoms with van der Waals surface area (Å²) in [5.41, 5.74) is -6.12. The van der Waals surface area contributed by atoms with E-state index in [0.29, 0.717) is 0 Å². The Hall–Kier alpha value is -1.05. The summed E-state index contributed by atoms with van der Waals surface area (Å²) in [4.78, 5) is 3.65. The van der Waals surface area contributed by atoms with E-state index in [-0.39, 0.29) is 9.80 Å². The molecule has 92 valence electrons. The summed E-state index contributed by atoms with van der Waals surface area (Å²) in [6, 6.07) is 0. The third-order valence-corrected chi connectivity index (χ3v) is 3.23. The van der Waals surface area contributed by atoms with Crippen molar-refractivity contribution in [3.63, 3.8) is 0 Å². The maximum absolute atomic E-state index is 12.3. The van der Waals surface area contributed by atoms with E-state index in [1.165, 1.54) is 0 Å². The molecule has 0 aliphatic carbocycles. The van der Waals surface area contributed by atoms with Gasteiger partial charge in [-0.1, -0.05) is 20.8 Å². The van der Waals surface area contributed by atoms with Crippen LogP contribution in [-0.2, 0) is 15.4 Å². The molecule has 0 bridgehead atoms. The van der Waals surface area contributed by atoms with Gasteiger partial charge in [0.25, 0.3) is 0 Å². The smallest absolute Gasteiger partial charge is 0.240 e. The average molecular weight is 256 g/mol. The maximum atomic E-state index is 12.3. The molecule has 16 heavy (non-hydrogen) atoms. The molecular formula is C8H11F3N2O2S. The van der Waals surface area contributed by atoms with Gasteiger partial charge in [0.15, 0.2) is 0 Å². The van der Waals surface area contributed by atoms with E-state index in [1.807, 2.05) is 0 Å². The average Bonchev–Trinajstić information content (AvgIpc) is 2.47. The van der Waals surface area contributed by atoms with Crippen molar-refractivity contribution >= 4 is 10.0 Å². The molecule has 8 heteroatoms. The van der Waals surface area contributed by atoms with Crippen LogP contribution in [0.15, 0.2) is 12.4 Å². The third-order valence-electron chi connectivity index (χ3n) is 1.83. The monoisotopic (exact) mass is 256 g/mol. The van der Waals surface area contributed by atoms with E-state index in [1.54, 1.807) is 20.8 Å². The second kappa shape index (κ2) is 3.47. The molecule has 0 saturated heterocycles. The van der Waals surface area contributed by atoms with Crippen molar-refractivity contribution < 1.29 is 21.6 Å². The van der Waals surface area contributed by atoms with E-state index in [2.05, 4.69) is 4.98 Å². The number of halogens is 3. The highest BCUT2D eigenvalue weighted by Gasteiger charge is 2.48. The number of nitrogens with zero attached hydrogens (tertiary/aromatic N) is 2. The Kier molecular flexibility index (Phi) is 2.83. The minimum absolute atomic E-state index is 0.148. The number of imidazole rings is 1. The van der Waals surface area contributed by atoms with Crippen molar-refractivity contribution in [3.8, 4) is 0 Å². The zero-order chi connectivity index (χ0) is 12.8. The lowest BCUT2D eigenvalue weighted by Crippen LogP contribution is -2.33. The van der Waals surface area contributed by atoms with Crippen LogP contribution in [0.3, 0.4) is 0 Å². The SMILES string of the molecule is CC(C)(C)c1nccn1S(=O)(=O)C(F)(F)F. The minimum atomic E-state index is -5.39. The molecule has 0 atom stereocenters. The molecular weight excluding hydrogens is 245 g/mol. The van der Waals surface area contributed by atoms with Crippen molar-refractivity contribution in [2.24, 2.45) is 0 Å². The summed E-state index contributed by atoms with van der Waals surface area (Å²) < 4.78 is 59.5. The summed E-state index contributed by atoms with van der Waals surface area (Å²) in [5.74, 6) is -0.148. The summed E-state index contributed by atoms with van der Waals surface area (Å²) in [6.45, 7) is 4.74. The molecule has 0 aromatic carbocycles. The van der Waals surface area contributed by atoms with Crippen LogP contribution in [0, 0.1) is 0 Å². The molecule has 1 aromatic heterocycles. The fraction of sp³-hybridized carbons (Fsp3) is 0.625. The lowest BCUT2D eigenvalue weighted by atomic mass is 9.96. The number of hydrogen-bond donors (Lipinski definition) is 0. The Morgan fingerprint density at radius 3 is 2.12 bits per heavy atom. The summed E-state index contributed by atoms with van der Waals surface area (Å²) in [6.07, 6.45) is 1.83. The Bertz CT molecular complexity index is 482. The Labute approximate surface area is 91.2 Å². The van der Waals surface area contributed by atoms with Crippen LogP contribution in [0.4, 0.5) is 13.2 Å². The topological polar surface area (TPSA) is 52.0 Å². The molecule has 1 rings (SSSR count). The number of aromatic nitrogens is 2. The normalized spacial score (nSPS) is 14.1. The van der Waals surface area contributed by atoms with Crippen LogP contribution in [0.5, 0.6) is 0 Å². The molecule has 1 heterocycles. The van der Waals surface area contributed by atoms with Crippen LogP contribution >= 0.6 is 0 Å². The molecule has 0 N–H and O–H groups in total. The molecule has 0 saturated carbocycles. The highest BCUT2D eigenvalue weighted by atomic mass is 32.2. The van der Waals surface area contributed by atoms with Gasteiger partial charge in [0.2, 0.25) is 0 Å². The van der Waals surface area contributed by atoms with Gasteiger partial charge in [0, 0.05) is 17.8 Å². The molecule has 0 spiro atoms. The Morgan fingerprint density at radius 1 is 1.25 bits per heavy atom. The molecule has 1 aromatic rings. The molecule has 4 nitrogen and oxygen atoms in total. The molecule has 0 amide bonds. The van der Waals surface area contributed by atoms with Crippen molar-refractivity contribution in [1.82, 2.24) is 8.96 Å². The number of alkyl halides is 3. The van der Waals surface area contributed by atoms with Gasteiger partial charge in [-0.2, -0.15) is 21.6 Å². The maximum Gasteiger partial charge on any atom is 0.517 e. The van der Waals surface area contributed by atoms with Crippen LogP contribution in [0.2, 0.25) is 0 Å². The highest BCUT2D eigenvalue weighted by Crippen LogP contribution is 2.29. The first-order chi connectivity index (χ1) is 6.98. The molecule has 0 unspecified atom stereocenters. The van der Waals surface area contributed by atoms with Gasteiger partial charge in [-0.3, -0.25) is 0 Å². The van der Waals surface area contributed by atoms with E-state index >= 15 is 0 Å². The van der Waals surface area contributed by atoms with Crippen LogP contribution in [0.25, 0.3) is 0 Å². The van der Waals surface area contributed by atoms with Crippen molar-refractivity contribution in [1.29, 1.82) is 0 Å². The molecule has 0 radical (unpaired) electrons. The summed E-state index contributed by atoms with van der Waals surface area (Å²) in [7, 11) is -5.39. The van der Waals surface area contributed by atoms with E-state index in [0.717, 1.165) is 12.4 Å². The fourth-order valence-corrected chi connectivity index (χ4v) is 2.11.